The van der Waals surface area contributed by atoms with E-state index in [4.69, 9.17) is 4.52 Å². The van der Waals surface area contributed by atoms with Crippen molar-refractivity contribution in [2.75, 3.05) is 6.54 Å². The third kappa shape index (κ3) is 6.14. The number of carboxylic acid groups (broad SMARTS) is 2. The van der Waals surface area contributed by atoms with Crippen LogP contribution in [0.4, 0.5) is 0 Å². The van der Waals surface area contributed by atoms with Crippen molar-refractivity contribution in [3.63, 3.8) is 0 Å². The van der Waals surface area contributed by atoms with Gasteiger partial charge in [0.05, 0.1) is 10.7 Å². The molecule has 2 saturated heterocycles. The number of amides is 2. The number of aromatic nitrogens is 1. The van der Waals surface area contributed by atoms with Crippen molar-refractivity contribution in [1.82, 2.24) is 26.4 Å². The summed E-state index contributed by atoms with van der Waals surface area (Å²) < 4.78 is 3.87. The Kier molecular flexibility index (Phi) is 8.54. The standard InChI is InChI=1S/C26H33N5O7S2/c1-12-15(16(31-38-12)13-9-7-6-8-10-13)20(32)27-11-14-28-18(25(2,3)39-14)21(33)29-17(23(34)35)22-30-19(24(36)37)26(4,5)40-22/h6-10,14,17-19,22,28,30H,11H2,1-5H3,(H,27,32)(H,29,33)(H,34,35)(H,36,37)/t14?,17-,18+,19-,22+/m0/s1. The number of carbonyl (C=O) groups is 4. The molecule has 1 unspecified atom stereocenters. The van der Waals surface area contributed by atoms with Crippen molar-refractivity contribution in [3.8, 4) is 11.3 Å². The Hall–Kier alpha value is -3.07. The molecular formula is C26H33N5O7S2. The van der Waals surface area contributed by atoms with Crippen LogP contribution in [0.15, 0.2) is 34.9 Å². The maximum atomic E-state index is 13.3. The van der Waals surface area contributed by atoms with E-state index in [1.165, 1.54) is 11.8 Å². The number of rotatable bonds is 9. The molecule has 2 aromatic rings. The van der Waals surface area contributed by atoms with Crippen LogP contribution in [0.25, 0.3) is 11.3 Å². The lowest BCUT2D eigenvalue weighted by molar-refractivity contribution is -0.143. The van der Waals surface area contributed by atoms with Gasteiger partial charge in [0.25, 0.3) is 5.91 Å². The minimum atomic E-state index is -1.35. The van der Waals surface area contributed by atoms with Crippen LogP contribution in [0.3, 0.4) is 0 Å². The van der Waals surface area contributed by atoms with E-state index in [0.29, 0.717) is 17.0 Å². The highest BCUT2D eigenvalue weighted by atomic mass is 32.2. The van der Waals surface area contributed by atoms with E-state index < -0.39 is 50.8 Å². The van der Waals surface area contributed by atoms with Gasteiger partial charge in [0.2, 0.25) is 5.91 Å². The Balaban J connectivity index is 1.40. The van der Waals surface area contributed by atoms with Gasteiger partial charge >= 0.3 is 11.9 Å². The molecular weight excluding hydrogens is 558 g/mol. The fourth-order valence-electron chi connectivity index (χ4n) is 4.88. The zero-order valence-corrected chi connectivity index (χ0v) is 24.3. The molecule has 2 fully saturated rings. The molecule has 14 heteroatoms. The lowest BCUT2D eigenvalue weighted by Gasteiger charge is -2.28. The fourth-order valence-corrected chi connectivity index (χ4v) is 7.78. The molecule has 12 nitrogen and oxygen atoms in total. The van der Waals surface area contributed by atoms with Crippen molar-refractivity contribution >= 4 is 47.3 Å². The van der Waals surface area contributed by atoms with Crippen molar-refractivity contribution in [2.45, 2.75) is 73.0 Å². The largest absolute Gasteiger partial charge is 0.480 e. The average Bonchev–Trinajstić information content (AvgIpc) is 3.52. The Bertz CT molecular complexity index is 1300. The average molecular weight is 592 g/mol. The number of hydrogen-bond acceptors (Lipinski definition) is 10. The molecule has 1 aromatic carbocycles. The van der Waals surface area contributed by atoms with Gasteiger partial charge in [0.15, 0.2) is 6.04 Å². The summed E-state index contributed by atoms with van der Waals surface area (Å²) in [6, 6.07) is 6.13. The Labute approximate surface area is 239 Å². The highest BCUT2D eigenvalue weighted by molar-refractivity contribution is 8.01. The second-order valence-corrected chi connectivity index (χ2v) is 14.4. The summed E-state index contributed by atoms with van der Waals surface area (Å²) in [4.78, 5) is 50.2. The number of hydrogen-bond donors (Lipinski definition) is 6. The van der Waals surface area contributed by atoms with Crippen LogP contribution in [0.1, 0.15) is 43.8 Å². The maximum Gasteiger partial charge on any atom is 0.328 e. The van der Waals surface area contributed by atoms with Crippen LogP contribution in [0.5, 0.6) is 0 Å². The van der Waals surface area contributed by atoms with Crippen LogP contribution in [-0.2, 0) is 14.4 Å². The van der Waals surface area contributed by atoms with Crippen molar-refractivity contribution in [3.05, 3.63) is 41.7 Å². The summed E-state index contributed by atoms with van der Waals surface area (Å²) in [6.45, 7) is 8.99. The monoisotopic (exact) mass is 591 g/mol. The molecule has 5 atom stereocenters. The summed E-state index contributed by atoms with van der Waals surface area (Å²) in [5, 5.41) is 33.8. The summed E-state index contributed by atoms with van der Waals surface area (Å²) >= 11 is 2.61. The summed E-state index contributed by atoms with van der Waals surface area (Å²) in [5.41, 5.74) is 1.51. The Morgan fingerprint density at radius 2 is 1.68 bits per heavy atom. The van der Waals surface area contributed by atoms with Gasteiger partial charge < -0.3 is 25.4 Å². The summed E-state index contributed by atoms with van der Waals surface area (Å²) in [7, 11) is 0. The van der Waals surface area contributed by atoms with E-state index in [-0.39, 0.29) is 17.8 Å². The molecule has 2 aliphatic heterocycles. The first kappa shape index (κ1) is 29.9. The number of carboxylic acids is 2. The first-order valence-electron chi connectivity index (χ1n) is 12.6. The van der Waals surface area contributed by atoms with E-state index in [1.54, 1.807) is 20.8 Å². The zero-order valence-electron chi connectivity index (χ0n) is 22.7. The van der Waals surface area contributed by atoms with Crippen LogP contribution >= 0.6 is 23.5 Å². The Morgan fingerprint density at radius 1 is 1.02 bits per heavy atom. The molecule has 4 rings (SSSR count). The number of nitrogens with one attached hydrogen (secondary N) is 4. The minimum Gasteiger partial charge on any atom is -0.480 e. The van der Waals surface area contributed by atoms with Gasteiger partial charge in [0, 0.05) is 21.6 Å². The lowest BCUT2D eigenvalue weighted by Crippen LogP contribution is -2.59. The van der Waals surface area contributed by atoms with Gasteiger partial charge in [-0.2, -0.15) is 0 Å². The Morgan fingerprint density at radius 3 is 2.27 bits per heavy atom. The van der Waals surface area contributed by atoms with E-state index in [0.717, 1.165) is 17.3 Å². The molecule has 3 heterocycles. The SMILES string of the molecule is Cc1onc(-c2ccccc2)c1C(=O)NCC1N[C@H](C(=O)N[C@H](C(=O)O)[C@@H]2N[C@@H](C(=O)O)C(C)(C)S2)C(C)(C)S1. The molecule has 0 spiro atoms. The van der Waals surface area contributed by atoms with Crippen molar-refractivity contribution in [2.24, 2.45) is 0 Å². The van der Waals surface area contributed by atoms with Gasteiger partial charge in [-0.05, 0) is 34.6 Å². The van der Waals surface area contributed by atoms with Gasteiger partial charge in [-0.15, -0.1) is 23.5 Å². The number of carbonyl (C=O) groups excluding carboxylic acids is 2. The number of aliphatic carboxylic acids is 2. The van der Waals surface area contributed by atoms with E-state index in [2.05, 4.69) is 26.4 Å². The maximum absolute atomic E-state index is 13.3. The van der Waals surface area contributed by atoms with Crippen molar-refractivity contribution < 1.29 is 33.9 Å². The van der Waals surface area contributed by atoms with Gasteiger partial charge in [-0.25, -0.2) is 4.79 Å². The number of nitrogens with zero attached hydrogens (tertiary/aromatic N) is 1. The second kappa shape index (κ2) is 11.4. The predicted molar refractivity (Wildman–Crippen MR) is 151 cm³/mol. The van der Waals surface area contributed by atoms with Crippen LogP contribution in [-0.4, -0.2) is 84.0 Å². The third-order valence-electron chi connectivity index (χ3n) is 6.91. The lowest BCUT2D eigenvalue weighted by atomic mass is 10.0. The quantitative estimate of drug-likeness (QED) is 0.248. The molecule has 0 radical (unpaired) electrons. The third-order valence-corrected chi connectivity index (χ3v) is 9.85. The van der Waals surface area contributed by atoms with Crippen LogP contribution in [0.2, 0.25) is 0 Å². The van der Waals surface area contributed by atoms with Crippen LogP contribution < -0.4 is 21.3 Å². The van der Waals surface area contributed by atoms with E-state index >= 15 is 0 Å². The van der Waals surface area contributed by atoms with Gasteiger partial charge in [-0.1, -0.05) is 35.5 Å². The topological polar surface area (TPSA) is 183 Å². The highest BCUT2D eigenvalue weighted by Crippen LogP contribution is 2.40. The molecule has 1 aromatic heterocycles. The number of thioether (sulfide) groups is 2. The first-order chi connectivity index (χ1) is 18.7. The summed E-state index contributed by atoms with van der Waals surface area (Å²) in [6.07, 6.45) is 0. The second-order valence-electron chi connectivity index (χ2n) is 10.8. The molecule has 6 N–H and O–H groups in total. The van der Waals surface area contributed by atoms with Crippen LogP contribution in [0, 0.1) is 6.92 Å². The summed E-state index contributed by atoms with van der Waals surface area (Å²) in [5.74, 6) is -2.87. The number of aryl methyl sites for hydroxylation is 1. The van der Waals surface area contributed by atoms with E-state index in [1.807, 2.05) is 44.2 Å². The van der Waals surface area contributed by atoms with E-state index in [9.17, 15) is 29.4 Å². The molecule has 0 bridgehead atoms. The molecule has 0 saturated carbocycles. The zero-order chi connectivity index (χ0) is 29.4. The predicted octanol–water partition coefficient (Wildman–Crippen LogP) is 1.65. The molecule has 2 amide bonds. The smallest absolute Gasteiger partial charge is 0.328 e. The highest BCUT2D eigenvalue weighted by Gasteiger charge is 2.51. The fraction of sp³-hybridized carbons (Fsp3) is 0.500. The number of benzene rings is 1. The van der Waals surface area contributed by atoms with Crippen molar-refractivity contribution in [1.29, 1.82) is 0 Å². The molecule has 0 aliphatic carbocycles. The first-order valence-corrected chi connectivity index (χ1v) is 14.4. The molecule has 2 aliphatic rings. The minimum absolute atomic E-state index is 0.187. The molecule has 40 heavy (non-hydrogen) atoms. The van der Waals surface area contributed by atoms with Gasteiger partial charge in [0.1, 0.15) is 29.1 Å². The normalized spacial score (nSPS) is 25.7. The molecule has 216 valence electrons. The van der Waals surface area contributed by atoms with Gasteiger partial charge in [-0.3, -0.25) is 25.0 Å².